The molecule has 97 heavy (non-hydrogen) atoms. The highest BCUT2D eigenvalue weighted by molar-refractivity contribution is 7.99. The summed E-state index contributed by atoms with van der Waals surface area (Å²) < 4.78 is 0. The predicted octanol–water partition coefficient (Wildman–Crippen LogP) is 4.61. The van der Waals surface area contributed by atoms with Gasteiger partial charge in [0.2, 0.25) is 65.0 Å². The minimum atomic E-state index is -1.66. The number of nitrogens with zero attached hydrogens (tertiary/aromatic N) is 8. The zero-order valence-electron chi connectivity index (χ0n) is 64.1. The first-order chi connectivity index (χ1) is 44.9. The molecule has 1 aliphatic rings. The van der Waals surface area contributed by atoms with Crippen molar-refractivity contribution in [2.75, 3.05) is 80.5 Å². The zero-order chi connectivity index (χ0) is 75.0. The molecule has 0 aromatic rings. The molecule has 0 aromatic heterocycles. The van der Waals surface area contributed by atoms with Crippen molar-refractivity contribution in [1.82, 2.24) is 60.5 Å². The van der Waals surface area contributed by atoms with E-state index in [1.165, 1.54) is 113 Å². The first kappa shape index (κ1) is 89.2. The Morgan fingerprint density at radius 2 is 0.990 bits per heavy atom. The molecule has 0 aliphatic carbocycles. The van der Waals surface area contributed by atoms with Gasteiger partial charge in [-0.15, -0.1) is 0 Å². The van der Waals surface area contributed by atoms with Crippen LogP contribution in [0.3, 0.4) is 0 Å². The normalized spacial score (nSPS) is 26.0. The Labute approximate surface area is 586 Å². The van der Waals surface area contributed by atoms with Gasteiger partial charge >= 0.3 is 0 Å². The highest BCUT2D eigenvalue weighted by Gasteiger charge is 2.47. The quantitative estimate of drug-likeness (QED) is 0.0568. The Morgan fingerprint density at radius 3 is 1.46 bits per heavy atom. The van der Waals surface area contributed by atoms with Crippen molar-refractivity contribution in [2.45, 2.75) is 261 Å². The summed E-state index contributed by atoms with van der Waals surface area (Å²) in [5, 5.41) is 34.9. The van der Waals surface area contributed by atoms with Gasteiger partial charge in [-0.25, -0.2) is 0 Å². The molecule has 558 valence electrons. The summed E-state index contributed by atoms with van der Waals surface area (Å²) in [6.45, 7) is 35.8. The number of aliphatic hydroxyl groups is 2. The average Bonchev–Trinajstić information content (AvgIpc) is 0.809. The summed E-state index contributed by atoms with van der Waals surface area (Å²) in [5.41, 5.74) is -1.58. The third kappa shape index (κ3) is 26.6. The monoisotopic (exact) mass is 1390 g/mol. The van der Waals surface area contributed by atoms with Crippen molar-refractivity contribution >= 4 is 76.7 Å². The molecule has 11 amide bonds. The highest BCUT2D eigenvalue weighted by atomic mass is 32.2. The fourth-order valence-electron chi connectivity index (χ4n) is 12.2. The summed E-state index contributed by atoms with van der Waals surface area (Å²) >= 11 is 1.41. The van der Waals surface area contributed by atoms with Crippen LogP contribution < -0.4 is 21.3 Å². The molecular formula is C71H130N12O13S. The van der Waals surface area contributed by atoms with Crippen LogP contribution in [0.1, 0.15) is 183 Å². The van der Waals surface area contributed by atoms with Crippen LogP contribution in [0.5, 0.6) is 0 Å². The minimum absolute atomic E-state index is 0.0234. The molecule has 1 fully saturated rings. The Hall–Kier alpha value is -5.86. The van der Waals surface area contributed by atoms with Crippen LogP contribution in [0.15, 0.2) is 12.2 Å². The summed E-state index contributed by atoms with van der Waals surface area (Å²) in [4.78, 5) is 176. The van der Waals surface area contributed by atoms with E-state index < -0.39 is 161 Å². The van der Waals surface area contributed by atoms with E-state index in [9.17, 15) is 29.4 Å². The largest absolute Gasteiger partial charge is 0.390 e. The Bertz CT molecular complexity index is 2610. The van der Waals surface area contributed by atoms with Crippen LogP contribution in [0.4, 0.5) is 0 Å². The van der Waals surface area contributed by atoms with Gasteiger partial charge in [0.05, 0.1) is 11.7 Å². The van der Waals surface area contributed by atoms with Gasteiger partial charge in [0.15, 0.2) is 0 Å². The highest BCUT2D eigenvalue weighted by Crippen LogP contribution is 2.27. The molecule has 0 aromatic carbocycles. The number of aliphatic hydroxyl groups excluding tert-OH is 1. The lowest BCUT2D eigenvalue weighted by Gasteiger charge is -2.41. The van der Waals surface area contributed by atoms with Gasteiger partial charge < -0.3 is 70.7 Å². The van der Waals surface area contributed by atoms with Gasteiger partial charge in [0, 0.05) is 61.5 Å². The van der Waals surface area contributed by atoms with Crippen LogP contribution in [-0.4, -0.2) is 273 Å². The molecule has 13 atom stereocenters. The van der Waals surface area contributed by atoms with E-state index in [2.05, 4.69) is 40.0 Å². The van der Waals surface area contributed by atoms with Crippen molar-refractivity contribution in [3.8, 4) is 0 Å². The number of rotatable bonds is 24. The van der Waals surface area contributed by atoms with Crippen LogP contribution in [-0.2, 0) is 52.7 Å². The lowest BCUT2D eigenvalue weighted by molar-refractivity contribution is -0.157. The maximum atomic E-state index is 15.4. The smallest absolute Gasteiger partial charge is 0.246 e. The SMILES string of the molecule is C/C=C/C[C@@H](C)[C@@H](O)[C@H]1C(=O)N[C@@H](CC)C(=O)N(C)[C@H](CSCCCN(CC)CC)C(=O)N(C)[C@@H](CC(C)(C)O)C(=O)N[C@H](C(C)C)C(=O)N(C)[C@H](CCC(C)C)C(=O)N[C@H](C)C(=O)N[C@@H](C)C(=O)N(C)[C@@H](CC(C)C)C(=O)N(C)[C@@H](CC(C)C)C(=O)N(C)[C@@H](C(C)C)C(=O)N1C. The molecule has 1 rings (SSSR count). The van der Waals surface area contributed by atoms with Crippen molar-refractivity contribution in [1.29, 1.82) is 0 Å². The second kappa shape index (κ2) is 41.6. The molecule has 1 saturated heterocycles. The first-order valence-corrected chi connectivity index (χ1v) is 36.5. The molecule has 0 bridgehead atoms. The number of hydrogen-bond donors (Lipinski definition) is 6. The molecule has 0 unspecified atom stereocenters. The van der Waals surface area contributed by atoms with E-state index in [-0.39, 0.29) is 62.0 Å². The second-order valence-corrected chi connectivity index (χ2v) is 30.6. The maximum Gasteiger partial charge on any atom is 0.246 e. The van der Waals surface area contributed by atoms with Crippen molar-refractivity contribution in [3.05, 3.63) is 12.2 Å². The van der Waals surface area contributed by atoms with E-state index in [0.717, 1.165) is 35.9 Å². The maximum absolute atomic E-state index is 15.4. The third-order valence-electron chi connectivity index (χ3n) is 18.6. The van der Waals surface area contributed by atoms with Crippen LogP contribution in [0.25, 0.3) is 0 Å². The number of hydrogen-bond acceptors (Lipinski definition) is 15. The fourth-order valence-corrected chi connectivity index (χ4v) is 13.3. The van der Waals surface area contributed by atoms with E-state index in [1.807, 2.05) is 47.6 Å². The Morgan fingerprint density at radius 1 is 0.526 bits per heavy atom. The van der Waals surface area contributed by atoms with Crippen LogP contribution in [0, 0.1) is 35.5 Å². The van der Waals surface area contributed by atoms with E-state index in [0.29, 0.717) is 12.2 Å². The van der Waals surface area contributed by atoms with Gasteiger partial charge in [0.1, 0.15) is 66.5 Å². The van der Waals surface area contributed by atoms with Gasteiger partial charge in [0.25, 0.3) is 0 Å². The lowest BCUT2D eigenvalue weighted by atomic mass is 9.91. The number of carbonyl (C=O) groups is 11. The van der Waals surface area contributed by atoms with Crippen LogP contribution >= 0.6 is 11.8 Å². The van der Waals surface area contributed by atoms with Crippen LogP contribution in [0.2, 0.25) is 0 Å². The molecule has 26 heteroatoms. The standard InChI is InChI=1S/C71H130N12O13S/c1-27-31-33-47(15)59(84)58-63(88)74-50(28-2)65(90)80(24)55(41-97-37-32-36-83(29-3)30-4)68(93)79(23)54(40-71(18,19)96)62(87)75-56(45(11)12)69(94)76(20)51(35-34-42(5)6)61(86)72-48(16)60(85)73-49(17)64(89)77(21)52(38-43(7)8)66(91)78(22)53(39-44(9)10)67(92)81(25)57(46(13)14)70(95)82(58)26/h27,31,42-59,84,96H,28-30,32-41H2,1-26H3,(H,72,86)(H,73,85)(H,74,88)(H,75,87)/b31-27+/t47-,48-,49+,50+,51-,52+,53+,54+,55-,56-,57+,58+,59-/m1/s1. The summed E-state index contributed by atoms with van der Waals surface area (Å²) in [7, 11) is 9.93. The van der Waals surface area contributed by atoms with Crippen molar-refractivity contribution in [3.63, 3.8) is 0 Å². The van der Waals surface area contributed by atoms with Crippen molar-refractivity contribution < 1.29 is 63.0 Å². The van der Waals surface area contributed by atoms with Gasteiger partial charge in [-0.05, 0) is 140 Å². The second-order valence-electron chi connectivity index (χ2n) is 29.5. The van der Waals surface area contributed by atoms with Crippen molar-refractivity contribution in [2.24, 2.45) is 35.5 Å². The number of amides is 11. The summed E-state index contributed by atoms with van der Waals surface area (Å²) in [5.74, 6) is -9.36. The molecule has 25 nitrogen and oxygen atoms in total. The van der Waals surface area contributed by atoms with E-state index in [1.54, 1.807) is 54.5 Å². The number of likely N-dealkylation sites (N-methyl/N-ethyl adjacent to an activating group) is 7. The topological polar surface area (TPSA) is 302 Å². The summed E-state index contributed by atoms with van der Waals surface area (Å²) in [6, 6.07) is -14.4. The molecule has 0 saturated carbocycles. The third-order valence-corrected chi connectivity index (χ3v) is 19.8. The van der Waals surface area contributed by atoms with Gasteiger partial charge in [-0.2, -0.15) is 11.8 Å². The minimum Gasteiger partial charge on any atom is -0.390 e. The van der Waals surface area contributed by atoms with Gasteiger partial charge in [-0.3, -0.25) is 52.7 Å². The number of thioether (sulfide) groups is 1. The lowest BCUT2D eigenvalue weighted by Crippen LogP contribution is -2.64. The number of nitrogens with one attached hydrogen (secondary N) is 4. The fraction of sp³-hybridized carbons (Fsp3) is 0.817. The van der Waals surface area contributed by atoms with E-state index in [4.69, 9.17) is 0 Å². The number of allylic oxidation sites excluding steroid dienone is 2. The Kier molecular flexibility index (Phi) is 38.3. The van der Waals surface area contributed by atoms with E-state index >= 15 is 33.6 Å². The average molecular weight is 1390 g/mol. The molecule has 0 spiro atoms. The Balaban J connectivity index is 4.60. The number of carbonyl (C=O) groups excluding carboxylic acids is 11. The zero-order valence-corrected chi connectivity index (χ0v) is 64.9. The first-order valence-electron chi connectivity index (χ1n) is 35.3. The molecular weight excluding hydrogens is 1260 g/mol. The molecule has 6 N–H and O–H groups in total. The molecule has 1 aliphatic heterocycles. The predicted molar refractivity (Wildman–Crippen MR) is 383 cm³/mol. The molecule has 1 heterocycles. The van der Waals surface area contributed by atoms with Gasteiger partial charge in [-0.1, -0.05) is 109 Å². The molecule has 0 radical (unpaired) electrons. The summed E-state index contributed by atoms with van der Waals surface area (Å²) in [6.07, 6.45) is 3.61.